The predicted molar refractivity (Wildman–Crippen MR) is 73.4 cm³/mol. The lowest BCUT2D eigenvalue weighted by molar-refractivity contribution is -0.137. The van der Waals surface area contributed by atoms with E-state index < -0.39 is 37.9 Å². The minimum atomic E-state index is -4.67. The van der Waals surface area contributed by atoms with Crippen molar-refractivity contribution < 1.29 is 26.4 Å². The van der Waals surface area contributed by atoms with Gasteiger partial charge in [0.25, 0.3) is 0 Å². The molecule has 21 heavy (non-hydrogen) atoms. The normalized spacial score (nSPS) is 13.0. The molecule has 0 aliphatic carbocycles. The summed E-state index contributed by atoms with van der Waals surface area (Å²) in [6, 6.07) is 2.82. The summed E-state index contributed by atoms with van der Waals surface area (Å²) in [6.07, 6.45) is -3.80. The minimum absolute atomic E-state index is 0.182. The zero-order valence-electron chi connectivity index (χ0n) is 11.6. The molecule has 3 N–H and O–H groups in total. The molecule has 0 atom stereocenters. The molecule has 5 nitrogen and oxygen atoms in total. The molecule has 9 heteroatoms. The van der Waals surface area contributed by atoms with Gasteiger partial charge in [0.1, 0.15) is 4.75 Å². The molecule has 118 valence electrons. The largest absolute Gasteiger partial charge is 0.418 e. The zero-order chi connectivity index (χ0) is 16.6. The topological polar surface area (TPSA) is 89.3 Å². The lowest BCUT2D eigenvalue weighted by Gasteiger charge is -2.22. The number of alkyl halides is 3. The van der Waals surface area contributed by atoms with Crippen molar-refractivity contribution in [2.45, 2.75) is 24.8 Å². The summed E-state index contributed by atoms with van der Waals surface area (Å²) in [5, 5.41) is 2.15. The number of carbonyl (C=O) groups excluding carboxylic acids is 1. The van der Waals surface area contributed by atoms with E-state index in [-0.39, 0.29) is 5.69 Å². The highest BCUT2D eigenvalue weighted by atomic mass is 32.2. The van der Waals surface area contributed by atoms with Gasteiger partial charge < -0.3 is 11.1 Å². The van der Waals surface area contributed by atoms with E-state index in [0.717, 1.165) is 12.3 Å². The Hall–Kier alpha value is -1.77. The SMILES string of the molecule is CC(C)(C(=O)Nc1ccc(N)c(C(F)(F)F)c1)S(C)(=O)=O. The number of sulfone groups is 1. The lowest BCUT2D eigenvalue weighted by atomic mass is 10.1. The summed E-state index contributed by atoms with van der Waals surface area (Å²) in [4.78, 5) is 11.9. The Kier molecular flexibility index (Phi) is 4.29. The van der Waals surface area contributed by atoms with Gasteiger partial charge in [-0.25, -0.2) is 8.42 Å². The monoisotopic (exact) mass is 324 g/mol. The van der Waals surface area contributed by atoms with Gasteiger partial charge in [0.2, 0.25) is 5.91 Å². The highest BCUT2D eigenvalue weighted by Crippen LogP contribution is 2.35. The molecule has 0 saturated heterocycles. The third-order valence-corrected chi connectivity index (χ3v) is 5.13. The van der Waals surface area contributed by atoms with Crippen LogP contribution in [-0.4, -0.2) is 25.3 Å². The fraction of sp³-hybridized carbons (Fsp3) is 0.417. The Morgan fingerprint density at radius 3 is 2.19 bits per heavy atom. The van der Waals surface area contributed by atoms with Gasteiger partial charge in [-0.05, 0) is 32.0 Å². The Balaban J connectivity index is 3.14. The number of nitrogens with one attached hydrogen (secondary N) is 1. The van der Waals surface area contributed by atoms with Gasteiger partial charge in [-0.1, -0.05) is 0 Å². The average Bonchev–Trinajstić information content (AvgIpc) is 2.28. The number of carbonyl (C=O) groups is 1. The van der Waals surface area contributed by atoms with Gasteiger partial charge in [-0.3, -0.25) is 4.79 Å². The lowest BCUT2D eigenvalue weighted by Crippen LogP contribution is -2.43. The van der Waals surface area contributed by atoms with E-state index >= 15 is 0 Å². The number of halogens is 3. The van der Waals surface area contributed by atoms with Crippen molar-refractivity contribution in [3.05, 3.63) is 23.8 Å². The summed E-state index contributed by atoms with van der Waals surface area (Å²) in [5.74, 6) is -0.928. The van der Waals surface area contributed by atoms with Crippen molar-refractivity contribution in [3.8, 4) is 0 Å². The molecule has 1 aromatic rings. The van der Waals surface area contributed by atoms with Crippen molar-refractivity contribution >= 4 is 27.1 Å². The molecule has 1 aromatic carbocycles. The summed E-state index contributed by atoms with van der Waals surface area (Å²) in [6.45, 7) is 2.33. The molecule has 0 heterocycles. The van der Waals surface area contributed by atoms with Crippen LogP contribution < -0.4 is 11.1 Å². The maximum Gasteiger partial charge on any atom is 0.418 e. The fourth-order valence-electron chi connectivity index (χ4n) is 1.33. The van der Waals surface area contributed by atoms with Crippen molar-refractivity contribution in [2.24, 2.45) is 0 Å². The van der Waals surface area contributed by atoms with Gasteiger partial charge in [-0.15, -0.1) is 0 Å². The van der Waals surface area contributed by atoms with E-state index in [0.29, 0.717) is 6.07 Å². The van der Waals surface area contributed by atoms with E-state index in [9.17, 15) is 26.4 Å². The van der Waals surface area contributed by atoms with Crippen molar-refractivity contribution in [1.82, 2.24) is 0 Å². The Labute approximate surface area is 120 Å². The Morgan fingerprint density at radius 2 is 1.76 bits per heavy atom. The van der Waals surface area contributed by atoms with Crippen LogP contribution in [-0.2, 0) is 20.8 Å². The van der Waals surface area contributed by atoms with Crippen LogP contribution in [0.15, 0.2) is 18.2 Å². The Morgan fingerprint density at radius 1 is 1.24 bits per heavy atom. The third-order valence-electron chi connectivity index (χ3n) is 3.09. The van der Waals surface area contributed by atoms with E-state index in [4.69, 9.17) is 5.73 Å². The first kappa shape index (κ1) is 17.3. The van der Waals surface area contributed by atoms with Crippen LogP contribution in [0, 0.1) is 0 Å². The smallest absolute Gasteiger partial charge is 0.398 e. The molecule has 0 aromatic heterocycles. The quantitative estimate of drug-likeness (QED) is 0.833. The van der Waals surface area contributed by atoms with Crippen molar-refractivity contribution in [1.29, 1.82) is 0 Å². The average molecular weight is 324 g/mol. The van der Waals surface area contributed by atoms with Gasteiger partial charge >= 0.3 is 6.18 Å². The molecule has 0 radical (unpaired) electrons. The predicted octanol–water partition coefficient (Wildman–Crippen LogP) is 2.05. The van der Waals surface area contributed by atoms with Crippen LogP contribution in [0.25, 0.3) is 0 Å². The molecule has 0 unspecified atom stereocenters. The first-order valence-corrected chi connectivity index (χ1v) is 7.63. The van der Waals surface area contributed by atoms with Gasteiger partial charge in [0.05, 0.1) is 5.56 Å². The van der Waals surface area contributed by atoms with Crippen molar-refractivity contribution in [3.63, 3.8) is 0 Å². The summed E-state index contributed by atoms with van der Waals surface area (Å²) >= 11 is 0. The fourth-order valence-corrected chi connectivity index (χ4v) is 1.72. The molecule has 0 fully saturated rings. The van der Waals surface area contributed by atoms with Crippen LogP contribution in [0.5, 0.6) is 0 Å². The van der Waals surface area contributed by atoms with Crippen LogP contribution >= 0.6 is 0 Å². The van der Waals surface area contributed by atoms with Crippen LogP contribution in [0.3, 0.4) is 0 Å². The van der Waals surface area contributed by atoms with Gasteiger partial charge in [0.15, 0.2) is 9.84 Å². The van der Waals surface area contributed by atoms with E-state index in [1.165, 1.54) is 19.9 Å². The van der Waals surface area contributed by atoms with Gasteiger partial charge in [-0.2, -0.15) is 13.2 Å². The number of amides is 1. The number of nitrogens with two attached hydrogens (primary N) is 1. The molecule has 0 spiro atoms. The maximum atomic E-state index is 12.7. The maximum absolute atomic E-state index is 12.7. The highest BCUT2D eigenvalue weighted by Gasteiger charge is 2.39. The number of rotatable bonds is 3. The second-order valence-electron chi connectivity index (χ2n) is 5.04. The molecule has 0 saturated carbocycles. The summed E-state index contributed by atoms with van der Waals surface area (Å²) in [7, 11) is -3.73. The number of hydrogen-bond donors (Lipinski definition) is 2. The molecular formula is C12H15F3N2O3S. The minimum Gasteiger partial charge on any atom is -0.398 e. The number of benzene rings is 1. The Bertz CT molecular complexity index is 667. The standard InChI is InChI=1S/C12H15F3N2O3S/c1-11(2,21(3,19)20)10(18)17-7-4-5-9(16)8(6-7)12(13,14)15/h4-6H,16H2,1-3H3,(H,17,18). The molecule has 0 aliphatic heterocycles. The summed E-state index contributed by atoms with van der Waals surface area (Å²) in [5.41, 5.74) is 3.47. The van der Waals surface area contributed by atoms with Crippen LogP contribution in [0.1, 0.15) is 19.4 Å². The van der Waals surface area contributed by atoms with Gasteiger partial charge in [0, 0.05) is 17.6 Å². The van der Waals surface area contributed by atoms with Crippen molar-refractivity contribution in [2.75, 3.05) is 17.3 Å². The second-order valence-corrected chi connectivity index (χ2v) is 7.60. The zero-order valence-corrected chi connectivity index (χ0v) is 12.4. The molecule has 0 bridgehead atoms. The number of anilines is 2. The molecule has 1 rings (SSSR count). The third kappa shape index (κ3) is 3.66. The molecule has 0 aliphatic rings. The van der Waals surface area contributed by atoms with E-state index in [2.05, 4.69) is 5.32 Å². The van der Waals surface area contributed by atoms with Crippen LogP contribution in [0.2, 0.25) is 0 Å². The number of nitrogen functional groups attached to an aromatic ring is 1. The van der Waals surface area contributed by atoms with E-state index in [1.807, 2.05) is 0 Å². The summed E-state index contributed by atoms with van der Waals surface area (Å²) < 4.78 is 59.3. The molecule has 1 amide bonds. The number of hydrogen-bond acceptors (Lipinski definition) is 4. The van der Waals surface area contributed by atoms with Crippen LogP contribution in [0.4, 0.5) is 24.5 Å². The first-order valence-electron chi connectivity index (χ1n) is 5.74. The first-order chi connectivity index (χ1) is 9.26. The van der Waals surface area contributed by atoms with E-state index in [1.54, 1.807) is 0 Å². The second kappa shape index (κ2) is 5.21. The molecular weight excluding hydrogens is 309 g/mol. The highest BCUT2D eigenvalue weighted by molar-refractivity contribution is 7.92.